The summed E-state index contributed by atoms with van der Waals surface area (Å²) in [5.41, 5.74) is 2.07. The molecule has 0 amide bonds. The zero-order valence-corrected chi connectivity index (χ0v) is 12.4. The maximum absolute atomic E-state index is 6.32. The lowest BCUT2D eigenvalue weighted by molar-refractivity contribution is 0.152. The molecule has 0 N–H and O–H groups in total. The number of rotatable bonds is 4. The summed E-state index contributed by atoms with van der Waals surface area (Å²) < 4.78 is 5.24. The van der Waals surface area contributed by atoms with E-state index < -0.39 is 0 Å². The Morgan fingerprint density at radius 2 is 2.25 bits per heavy atom. The largest absolute Gasteiger partial charge is 0.384 e. The molecule has 2 aromatic rings. The van der Waals surface area contributed by atoms with E-state index in [9.17, 15) is 0 Å². The van der Waals surface area contributed by atoms with Crippen LogP contribution in [0.3, 0.4) is 0 Å². The quantitative estimate of drug-likeness (QED) is 0.808. The van der Waals surface area contributed by atoms with Crippen LogP contribution in [0.5, 0.6) is 0 Å². The van der Waals surface area contributed by atoms with Crippen LogP contribution in [0.4, 0.5) is 0 Å². The summed E-state index contributed by atoms with van der Waals surface area (Å²) in [5, 5.41) is 1.78. The molecule has 1 aliphatic heterocycles. The van der Waals surface area contributed by atoms with Gasteiger partial charge in [0.05, 0.1) is 12.1 Å². The number of fused-ring (bicyclic) bond motifs is 1. The van der Waals surface area contributed by atoms with E-state index in [4.69, 9.17) is 16.3 Å². The molecule has 0 radical (unpaired) electrons. The lowest BCUT2D eigenvalue weighted by Crippen LogP contribution is -2.21. The smallest absolute Gasteiger partial charge is 0.134 e. The van der Waals surface area contributed by atoms with Gasteiger partial charge in [0.2, 0.25) is 0 Å². The topological polar surface area (TPSA) is 25.4 Å². The molecule has 1 aromatic heterocycles. The predicted molar refractivity (Wildman–Crippen MR) is 82.0 cm³/mol. The van der Waals surface area contributed by atoms with Gasteiger partial charge in [0.25, 0.3) is 0 Å². The van der Waals surface area contributed by atoms with Gasteiger partial charge in [-0.25, -0.2) is 4.98 Å². The van der Waals surface area contributed by atoms with Gasteiger partial charge in [0, 0.05) is 31.1 Å². The van der Waals surface area contributed by atoms with Crippen LogP contribution in [0.1, 0.15) is 12.0 Å². The number of para-hydroxylation sites is 1. The van der Waals surface area contributed by atoms with Gasteiger partial charge < -0.3 is 4.74 Å². The molecule has 1 fully saturated rings. The Morgan fingerprint density at radius 3 is 3.10 bits per heavy atom. The summed E-state index contributed by atoms with van der Waals surface area (Å²) in [6.07, 6.45) is 1.20. The minimum atomic E-state index is 0.624. The highest BCUT2D eigenvalue weighted by molar-refractivity contribution is 6.30. The van der Waals surface area contributed by atoms with Crippen molar-refractivity contribution in [1.82, 2.24) is 9.88 Å². The third kappa shape index (κ3) is 2.95. The zero-order chi connectivity index (χ0) is 13.9. The summed E-state index contributed by atoms with van der Waals surface area (Å²) in [6.45, 7) is 3.91. The monoisotopic (exact) mass is 290 g/mol. The van der Waals surface area contributed by atoms with Crippen molar-refractivity contribution < 1.29 is 4.74 Å². The summed E-state index contributed by atoms with van der Waals surface area (Å²) in [6, 6.07) is 10.3. The number of pyridine rings is 1. The van der Waals surface area contributed by atoms with Crippen LogP contribution in [-0.4, -0.2) is 36.7 Å². The molecule has 0 spiro atoms. The number of aromatic nitrogens is 1. The van der Waals surface area contributed by atoms with Crippen molar-refractivity contribution >= 4 is 22.5 Å². The van der Waals surface area contributed by atoms with E-state index >= 15 is 0 Å². The first-order chi connectivity index (χ1) is 9.76. The number of benzene rings is 1. The first kappa shape index (κ1) is 13.8. The second-order valence-corrected chi connectivity index (χ2v) is 5.83. The van der Waals surface area contributed by atoms with Crippen LogP contribution in [0, 0.1) is 5.92 Å². The standard InChI is InChI=1S/C16H19ClN2O/c1-20-11-12-6-7-19(9-12)10-14-8-13-4-2-3-5-15(13)18-16(14)17/h2-5,8,12H,6-7,9-11H2,1H3. The van der Waals surface area contributed by atoms with Crippen molar-refractivity contribution in [1.29, 1.82) is 0 Å². The van der Waals surface area contributed by atoms with Crippen molar-refractivity contribution in [2.75, 3.05) is 26.8 Å². The number of nitrogens with zero attached hydrogens (tertiary/aromatic N) is 2. The Hall–Kier alpha value is -1.16. The molecule has 1 saturated heterocycles. The lowest BCUT2D eigenvalue weighted by atomic mass is 10.1. The molecule has 1 aliphatic rings. The molecule has 20 heavy (non-hydrogen) atoms. The minimum Gasteiger partial charge on any atom is -0.384 e. The van der Waals surface area contributed by atoms with Crippen molar-refractivity contribution in [3.63, 3.8) is 0 Å². The molecule has 0 saturated carbocycles. The number of hydrogen-bond acceptors (Lipinski definition) is 3. The molecule has 2 heterocycles. The van der Waals surface area contributed by atoms with Crippen LogP contribution in [0.25, 0.3) is 10.9 Å². The number of likely N-dealkylation sites (tertiary alicyclic amines) is 1. The van der Waals surface area contributed by atoms with Crippen LogP contribution in [0.15, 0.2) is 30.3 Å². The third-order valence-corrected chi connectivity index (χ3v) is 4.24. The molecule has 3 nitrogen and oxygen atoms in total. The summed E-state index contributed by atoms with van der Waals surface area (Å²) >= 11 is 6.32. The molecule has 1 atom stereocenters. The lowest BCUT2D eigenvalue weighted by Gasteiger charge is -2.17. The number of ether oxygens (including phenoxy) is 1. The SMILES string of the molecule is COCC1CCN(Cc2cc3ccccc3nc2Cl)C1. The van der Waals surface area contributed by atoms with Gasteiger partial charge in [-0.2, -0.15) is 0 Å². The van der Waals surface area contributed by atoms with Crippen LogP contribution < -0.4 is 0 Å². The number of methoxy groups -OCH3 is 1. The van der Waals surface area contributed by atoms with Crippen molar-refractivity contribution in [3.05, 3.63) is 41.0 Å². The first-order valence-electron chi connectivity index (χ1n) is 7.01. The summed E-state index contributed by atoms with van der Waals surface area (Å²) in [5.74, 6) is 0.646. The van der Waals surface area contributed by atoms with E-state index in [1.54, 1.807) is 7.11 Å². The second kappa shape index (κ2) is 6.08. The summed E-state index contributed by atoms with van der Waals surface area (Å²) in [4.78, 5) is 6.92. The van der Waals surface area contributed by atoms with E-state index in [0.717, 1.165) is 42.7 Å². The van der Waals surface area contributed by atoms with Crippen molar-refractivity contribution in [2.45, 2.75) is 13.0 Å². The fraction of sp³-hybridized carbons (Fsp3) is 0.438. The van der Waals surface area contributed by atoms with Crippen molar-refractivity contribution in [2.24, 2.45) is 5.92 Å². The molecule has 106 valence electrons. The highest BCUT2D eigenvalue weighted by Gasteiger charge is 2.23. The average Bonchev–Trinajstić information content (AvgIpc) is 2.87. The Morgan fingerprint density at radius 1 is 1.40 bits per heavy atom. The third-order valence-electron chi connectivity index (χ3n) is 3.92. The van der Waals surface area contributed by atoms with E-state index in [1.807, 2.05) is 18.2 Å². The van der Waals surface area contributed by atoms with Gasteiger partial charge >= 0.3 is 0 Å². The Kier molecular flexibility index (Phi) is 4.20. The Bertz CT molecular complexity index is 602. The average molecular weight is 291 g/mol. The molecule has 0 aliphatic carbocycles. The van der Waals surface area contributed by atoms with Crippen LogP contribution in [0.2, 0.25) is 5.15 Å². The van der Waals surface area contributed by atoms with Crippen LogP contribution in [-0.2, 0) is 11.3 Å². The Labute approximate surface area is 124 Å². The maximum Gasteiger partial charge on any atom is 0.134 e. The van der Waals surface area contributed by atoms with E-state index in [-0.39, 0.29) is 0 Å². The predicted octanol–water partition coefficient (Wildman–Crippen LogP) is 3.36. The normalized spacial score (nSPS) is 19.8. The second-order valence-electron chi connectivity index (χ2n) is 5.48. The van der Waals surface area contributed by atoms with Gasteiger partial charge in [-0.1, -0.05) is 29.8 Å². The zero-order valence-electron chi connectivity index (χ0n) is 11.7. The van der Waals surface area contributed by atoms with Gasteiger partial charge in [-0.3, -0.25) is 4.90 Å². The molecular formula is C16H19ClN2O. The molecule has 4 heteroatoms. The molecular weight excluding hydrogens is 272 g/mol. The number of hydrogen-bond donors (Lipinski definition) is 0. The van der Waals surface area contributed by atoms with Gasteiger partial charge in [-0.05, 0) is 31.0 Å². The van der Waals surface area contributed by atoms with Crippen molar-refractivity contribution in [3.8, 4) is 0 Å². The van der Waals surface area contributed by atoms with Gasteiger partial charge in [0.1, 0.15) is 5.15 Å². The minimum absolute atomic E-state index is 0.624. The van der Waals surface area contributed by atoms with Gasteiger partial charge in [-0.15, -0.1) is 0 Å². The molecule has 1 aromatic carbocycles. The van der Waals surface area contributed by atoms with E-state index in [2.05, 4.69) is 22.0 Å². The fourth-order valence-electron chi connectivity index (χ4n) is 2.92. The maximum atomic E-state index is 6.32. The fourth-order valence-corrected chi connectivity index (χ4v) is 3.12. The molecule has 3 rings (SSSR count). The summed E-state index contributed by atoms with van der Waals surface area (Å²) in [7, 11) is 1.77. The van der Waals surface area contributed by atoms with Crippen LogP contribution >= 0.6 is 11.6 Å². The van der Waals surface area contributed by atoms with E-state index in [1.165, 1.54) is 6.42 Å². The number of halogens is 1. The van der Waals surface area contributed by atoms with Gasteiger partial charge in [0.15, 0.2) is 0 Å². The first-order valence-corrected chi connectivity index (χ1v) is 7.39. The van der Waals surface area contributed by atoms with E-state index in [0.29, 0.717) is 11.1 Å². The highest BCUT2D eigenvalue weighted by atomic mass is 35.5. The Balaban J connectivity index is 1.76. The molecule has 0 bridgehead atoms. The highest BCUT2D eigenvalue weighted by Crippen LogP contribution is 2.24. The molecule has 1 unspecified atom stereocenters.